The van der Waals surface area contributed by atoms with Gasteiger partial charge in [-0.2, -0.15) is 4.57 Å². The smallest absolute Gasteiger partial charge is 0.330 e. The third kappa shape index (κ3) is 1.67. The van der Waals surface area contributed by atoms with Crippen molar-refractivity contribution >= 4 is 28.4 Å². The first-order valence-corrected chi connectivity index (χ1v) is 5.67. The third-order valence-corrected chi connectivity index (χ3v) is 2.77. The first kappa shape index (κ1) is 11.4. The van der Waals surface area contributed by atoms with Gasteiger partial charge in [0, 0.05) is 14.1 Å². The summed E-state index contributed by atoms with van der Waals surface area (Å²) in [5.74, 6) is 0. The number of rotatable bonds is 0. The number of benzene rings is 1. The van der Waals surface area contributed by atoms with Gasteiger partial charge in [-0.1, -0.05) is 12.1 Å². The fourth-order valence-electron chi connectivity index (χ4n) is 1.86. The van der Waals surface area contributed by atoms with Crippen LogP contribution in [0.25, 0.3) is 22.3 Å². The molecular formula is C12H11N5O2. The first-order valence-electron chi connectivity index (χ1n) is 5.67. The van der Waals surface area contributed by atoms with Crippen molar-refractivity contribution in [2.45, 2.75) is 0 Å². The minimum Gasteiger partial charge on any atom is -0.330 e. The Kier molecular flexibility index (Phi) is 2.34. The summed E-state index contributed by atoms with van der Waals surface area (Å²) in [6.07, 6.45) is 0. The van der Waals surface area contributed by atoms with E-state index in [2.05, 4.69) is 15.0 Å². The maximum Gasteiger partial charge on any atom is 0.337 e. The molecule has 1 N–H and O–H groups in total. The van der Waals surface area contributed by atoms with Gasteiger partial charge in [-0.15, -0.1) is 0 Å². The number of para-hydroxylation sites is 2. The summed E-state index contributed by atoms with van der Waals surface area (Å²) in [6, 6.07) is 6.78. The first-order chi connectivity index (χ1) is 9.08. The molecule has 0 aliphatic rings. The molecule has 19 heavy (non-hydrogen) atoms. The molecule has 0 spiro atoms. The molecule has 0 bridgehead atoms. The van der Waals surface area contributed by atoms with Gasteiger partial charge in [0.05, 0.1) is 11.0 Å². The normalized spacial score (nSPS) is 11.1. The number of carbonyl (C=O) groups excluding carboxylic acids is 1. The van der Waals surface area contributed by atoms with Gasteiger partial charge in [-0.05, 0) is 12.1 Å². The Hall–Kier alpha value is -2.70. The molecule has 3 aromatic rings. The summed E-state index contributed by atoms with van der Waals surface area (Å²) in [5.41, 5.74) is 1.31. The summed E-state index contributed by atoms with van der Waals surface area (Å²) in [4.78, 5) is 36.3. The van der Waals surface area contributed by atoms with Crippen molar-refractivity contribution in [2.75, 3.05) is 14.1 Å². The fourth-order valence-corrected chi connectivity index (χ4v) is 1.86. The number of fused-ring (bicyclic) bond motifs is 2. The molecule has 0 radical (unpaired) electrons. The predicted molar refractivity (Wildman–Crippen MR) is 70.1 cm³/mol. The van der Waals surface area contributed by atoms with Crippen LogP contribution in [0.2, 0.25) is 0 Å². The minimum atomic E-state index is -0.538. The number of H-pyrrole nitrogens is 1. The molecule has 3 rings (SSSR count). The molecule has 7 heteroatoms. The third-order valence-electron chi connectivity index (χ3n) is 2.77. The largest absolute Gasteiger partial charge is 0.337 e. The standard InChI is InChI=1S/C12H11N5O2/c1-16(2)12(19)17-10-9(15-11(17)18)13-7-5-3-4-6-8(7)14-10/h3-6H,1-2H3,(H,13,15,18). The van der Waals surface area contributed by atoms with E-state index in [-0.39, 0.29) is 5.65 Å². The van der Waals surface area contributed by atoms with Gasteiger partial charge in [0.2, 0.25) is 0 Å². The van der Waals surface area contributed by atoms with Crippen LogP contribution in [0.5, 0.6) is 0 Å². The van der Waals surface area contributed by atoms with E-state index in [9.17, 15) is 9.59 Å². The molecule has 0 saturated heterocycles. The molecule has 0 saturated carbocycles. The van der Waals surface area contributed by atoms with Crippen LogP contribution >= 0.6 is 0 Å². The van der Waals surface area contributed by atoms with Crippen LogP contribution in [0.3, 0.4) is 0 Å². The number of imidazole rings is 1. The molecule has 0 unspecified atom stereocenters. The lowest BCUT2D eigenvalue weighted by molar-refractivity contribution is 0.219. The zero-order chi connectivity index (χ0) is 13.6. The Bertz CT molecular complexity index is 846. The lowest BCUT2D eigenvalue weighted by Gasteiger charge is -2.09. The van der Waals surface area contributed by atoms with Crippen LogP contribution in [0.15, 0.2) is 29.1 Å². The van der Waals surface area contributed by atoms with Crippen molar-refractivity contribution in [3.63, 3.8) is 0 Å². The second-order valence-corrected chi connectivity index (χ2v) is 4.33. The van der Waals surface area contributed by atoms with E-state index in [1.807, 2.05) is 12.1 Å². The lowest BCUT2D eigenvalue weighted by atomic mass is 10.3. The van der Waals surface area contributed by atoms with Crippen LogP contribution in [-0.2, 0) is 0 Å². The van der Waals surface area contributed by atoms with Gasteiger partial charge < -0.3 is 4.90 Å². The maximum atomic E-state index is 12.0. The Labute approximate surface area is 107 Å². The monoisotopic (exact) mass is 257 g/mol. The van der Waals surface area contributed by atoms with E-state index in [4.69, 9.17) is 0 Å². The molecule has 1 amide bonds. The fraction of sp³-hybridized carbons (Fsp3) is 0.167. The van der Waals surface area contributed by atoms with E-state index < -0.39 is 11.7 Å². The van der Waals surface area contributed by atoms with E-state index in [0.717, 1.165) is 4.57 Å². The molecule has 7 nitrogen and oxygen atoms in total. The molecule has 96 valence electrons. The molecular weight excluding hydrogens is 246 g/mol. The summed E-state index contributed by atoms with van der Waals surface area (Å²) in [7, 11) is 3.14. The number of nitrogens with zero attached hydrogens (tertiary/aromatic N) is 4. The average molecular weight is 257 g/mol. The van der Waals surface area contributed by atoms with Crippen LogP contribution in [0, 0.1) is 0 Å². The number of hydrogen-bond donors (Lipinski definition) is 1. The van der Waals surface area contributed by atoms with Gasteiger partial charge in [0.15, 0.2) is 11.3 Å². The highest BCUT2D eigenvalue weighted by molar-refractivity contribution is 5.89. The predicted octanol–water partition coefficient (Wildman–Crippen LogP) is 0.802. The summed E-state index contributed by atoms with van der Waals surface area (Å²) in [5, 5.41) is 0. The number of aromatic amines is 1. The number of amides is 1. The molecule has 2 aromatic heterocycles. The summed E-state index contributed by atoms with van der Waals surface area (Å²) >= 11 is 0. The number of carbonyl (C=O) groups is 1. The Morgan fingerprint density at radius 1 is 1.21 bits per heavy atom. The van der Waals surface area contributed by atoms with Crippen molar-refractivity contribution in [1.29, 1.82) is 0 Å². The second kappa shape index (κ2) is 3.91. The number of hydrogen-bond acceptors (Lipinski definition) is 4. The maximum absolute atomic E-state index is 12.0. The van der Waals surface area contributed by atoms with Gasteiger partial charge in [0.1, 0.15) is 0 Å². The Balaban J connectivity index is 2.40. The molecule has 0 atom stereocenters. The molecule has 1 aromatic carbocycles. The van der Waals surface area contributed by atoms with Crippen molar-refractivity contribution in [1.82, 2.24) is 24.4 Å². The number of nitrogens with one attached hydrogen (secondary N) is 1. The van der Waals surface area contributed by atoms with Gasteiger partial charge in [-0.3, -0.25) is 4.98 Å². The topological polar surface area (TPSA) is 83.9 Å². The molecule has 0 aliphatic carbocycles. The van der Waals surface area contributed by atoms with E-state index >= 15 is 0 Å². The van der Waals surface area contributed by atoms with Crippen molar-refractivity contribution in [3.05, 3.63) is 34.7 Å². The van der Waals surface area contributed by atoms with Crippen molar-refractivity contribution < 1.29 is 4.79 Å². The number of aromatic nitrogens is 4. The van der Waals surface area contributed by atoms with E-state index in [1.165, 1.54) is 4.90 Å². The SMILES string of the molecule is CN(C)C(=O)n1c(=O)[nH]c2nc3ccccc3nc21. The van der Waals surface area contributed by atoms with Crippen LogP contribution in [-0.4, -0.2) is 44.5 Å². The summed E-state index contributed by atoms with van der Waals surface area (Å²) < 4.78 is 0.981. The highest BCUT2D eigenvalue weighted by atomic mass is 16.2. The zero-order valence-electron chi connectivity index (χ0n) is 10.4. The van der Waals surface area contributed by atoms with Gasteiger partial charge >= 0.3 is 11.7 Å². The van der Waals surface area contributed by atoms with Gasteiger partial charge in [-0.25, -0.2) is 19.6 Å². The lowest BCUT2D eigenvalue weighted by Crippen LogP contribution is -2.34. The quantitative estimate of drug-likeness (QED) is 0.645. The Morgan fingerprint density at radius 3 is 2.47 bits per heavy atom. The summed E-state index contributed by atoms with van der Waals surface area (Å²) in [6.45, 7) is 0. The highest BCUT2D eigenvalue weighted by Gasteiger charge is 2.18. The van der Waals surface area contributed by atoms with E-state index in [0.29, 0.717) is 16.7 Å². The van der Waals surface area contributed by atoms with E-state index in [1.54, 1.807) is 26.2 Å². The second-order valence-electron chi connectivity index (χ2n) is 4.33. The van der Waals surface area contributed by atoms with Gasteiger partial charge in [0.25, 0.3) is 0 Å². The Morgan fingerprint density at radius 2 is 1.84 bits per heavy atom. The molecule has 0 fully saturated rings. The molecule has 0 aliphatic heterocycles. The van der Waals surface area contributed by atoms with Crippen LogP contribution in [0.4, 0.5) is 4.79 Å². The van der Waals surface area contributed by atoms with Crippen LogP contribution in [0.1, 0.15) is 0 Å². The minimum absolute atomic E-state index is 0.238. The zero-order valence-corrected chi connectivity index (χ0v) is 10.4. The van der Waals surface area contributed by atoms with Crippen molar-refractivity contribution in [2.24, 2.45) is 0 Å². The van der Waals surface area contributed by atoms with Crippen LogP contribution < -0.4 is 5.69 Å². The average Bonchev–Trinajstić information content (AvgIpc) is 2.70. The highest BCUT2D eigenvalue weighted by Crippen LogP contribution is 2.13. The molecule has 2 heterocycles. The van der Waals surface area contributed by atoms with Crippen molar-refractivity contribution in [3.8, 4) is 0 Å².